The van der Waals surface area contributed by atoms with Gasteiger partial charge >= 0.3 is 0 Å². The fraction of sp³-hybridized carbons (Fsp3) is 0.400. The molecule has 0 saturated heterocycles. The van der Waals surface area contributed by atoms with E-state index in [4.69, 9.17) is 0 Å². The van der Waals surface area contributed by atoms with Gasteiger partial charge < -0.3 is 10.6 Å². The lowest BCUT2D eigenvalue weighted by atomic mass is 10.0. The van der Waals surface area contributed by atoms with E-state index < -0.39 is 6.04 Å². The largest absolute Gasteiger partial charge is 0.350 e. The van der Waals surface area contributed by atoms with E-state index in [-0.39, 0.29) is 24.3 Å². The standard InChI is InChI=1S/C15H20N6O2/c1-10(2)13(20-11(3)22)15(23)18-7-12-5-4-6-17-14(12)21-9-16-8-19-21/h4-6,8-10,13H,7H2,1-3H3,(H,18,23)(H,20,22). The number of amides is 2. The zero-order valence-electron chi connectivity index (χ0n) is 13.4. The summed E-state index contributed by atoms with van der Waals surface area (Å²) in [4.78, 5) is 31.7. The molecular formula is C15H20N6O2. The molecule has 0 aromatic carbocycles. The third-order valence-electron chi connectivity index (χ3n) is 3.26. The summed E-state index contributed by atoms with van der Waals surface area (Å²) < 4.78 is 1.54. The van der Waals surface area contributed by atoms with Crippen molar-refractivity contribution in [3.05, 3.63) is 36.5 Å². The van der Waals surface area contributed by atoms with E-state index in [1.807, 2.05) is 19.9 Å². The number of carbonyl (C=O) groups is 2. The Kier molecular flexibility index (Phi) is 5.40. The van der Waals surface area contributed by atoms with Gasteiger partial charge in [0.05, 0.1) is 0 Å². The Morgan fingerprint density at radius 3 is 2.74 bits per heavy atom. The Labute approximate surface area is 134 Å². The van der Waals surface area contributed by atoms with Crippen molar-refractivity contribution in [2.45, 2.75) is 33.4 Å². The molecule has 0 spiro atoms. The van der Waals surface area contributed by atoms with Crippen LogP contribution in [0.5, 0.6) is 0 Å². The van der Waals surface area contributed by atoms with E-state index in [0.29, 0.717) is 5.82 Å². The quantitative estimate of drug-likeness (QED) is 0.805. The fourth-order valence-corrected chi connectivity index (χ4v) is 2.14. The maximum absolute atomic E-state index is 12.3. The molecule has 2 amide bonds. The summed E-state index contributed by atoms with van der Waals surface area (Å²) in [5, 5.41) is 9.55. The number of nitrogens with one attached hydrogen (secondary N) is 2. The van der Waals surface area contributed by atoms with Crippen LogP contribution in [0, 0.1) is 5.92 Å². The van der Waals surface area contributed by atoms with E-state index in [2.05, 4.69) is 25.7 Å². The molecule has 1 unspecified atom stereocenters. The van der Waals surface area contributed by atoms with Crippen molar-refractivity contribution in [2.24, 2.45) is 5.92 Å². The van der Waals surface area contributed by atoms with Gasteiger partial charge in [-0.1, -0.05) is 19.9 Å². The molecule has 2 N–H and O–H groups in total. The average molecular weight is 316 g/mol. The predicted molar refractivity (Wildman–Crippen MR) is 83.4 cm³/mol. The van der Waals surface area contributed by atoms with E-state index in [9.17, 15) is 9.59 Å². The van der Waals surface area contributed by atoms with Crippen molar-refractivity contribution < 1.29 is 9.59 Å². The van der Waals surface area contributed by atoms with E-state index >= 15 is 0 Å². The summed E-state index contributed by atoms with van der Waals surface area (Å²) in [6, 6.07) is 3.07. The molecule has 0 aliphatic rings. The molecule has 8 nitrogen and oxygen atoms in total. The number of rotatable bonds is 6. The number of hydrogen-bond donors (Lipinski definition) is 2. The maximum Gasteiger partial charge on any atom is 0.243 e. The molecule has 0 aliphatic carbocycles. The molecule has 0 aliphatic heterocycles. The highest BCUT2D eigenvalue weighted by atomic mass is 16.2. The second-order valence-electron chi connectivity index (χ2n) is 5.47. The average Bonchev–Trinajstić information content (AvgIpc) is 3.04. The Hall–Kier alpha value is -2.77. The first-order chi connectivity index (χ1) is 11.0. The predicted octanol–water partition coefficient (Wildman–Crippen LogP) is 0.439. The summed E-state index contributed by atoms with van der Waals surface area (Å²) >= 11 is 0. The summed E-state index contributed by atoms with van der Waals surface area (Å²) in [6.07, 6.45) is 4.61. The Balaban J connectivity index is 2.09. The fourth-order valence-electron chi connectivity index (χ4n) is 2.14. The molecule has 23 heavy (non-hydrogen) atoms. The molecule has 0 bridgehead atoms. The topological polar surface area (TPSA) is 102 Å². The Bertz CT molecular complexity index is 668. The van der Waals surface area contributed by atoms with Gasteiger partial charge in [-0.3, -0.25) is 9.59 Å². The summed E-state index contributed by atoms with van der Waals surface area (Å²) in [7, 11) is 0. The molecule has 0 radical (unpaired) electrons. The van der Waals surface area contributed by atoms with Crippen LogP contribution in [-0.4, -0.2) is 37.6 Å². The summed E-state index contributed by atoms with van der Waals surface area (Å²) in [5.74, 6) is 0.126. The monoisotopic (exact) mass is 316 g/mol. The molecule has 1 atom stereocenters. The molecule has 2 aromatic rings. The van der Waals surface area contributed by atoms with Crippen molar-refractivity contribution in [3.8, 4) is 5.82 Å². The minimum absolute atomic E-state index is 0.0115. The number of pyridine rings is 1. The van der Waals surface area contributed by atoms with Crippen molar-refractivity contribution in [2.75, 3.05) is 0 Å². The number of nitrogens with zero attached hydrogens (tertiary/aromatic N) is 4. The van der Waals surface area contributed by atoms with Gasteiger partial charge in [0.25, 0.3) is 0 Å². The minimum atomic E-state index is -0.570. The Morgan fingerprint density at radius 2 is 2.13 bits per heavy atom. The van der Waals surface area contributed by atoms with Gasteiger partial charge in [-0.25, -0.2) is 14.6 Å². The van der Waals surface area contributed by atoms with Crippen LogP contribution in [0.3, 0.4) is 0 Å². The molecule has 2 rings (SSSR count). The van der Waals surface area contributed by atoms with Gasteiger partial charge in [0, 0.05) is 25.2 Å². The second-order valence-corrected chi connectivity index (χ2v) is 5.47. The first-order valence-corrected chi connectivity index (χ1v) is 7.32. The first-order valence-electron chi connectivity index (χ1n) is 7.32. The van der Waals surface area contributed by atoms with Crippen LogP contribution in [0.2, 0.25) is 0 Å². The van der Waals surface area contributed by atoms with E-state index in [0.717, 1.165) is 5.56 Å². The van der Waals surface area contributed by atoms with Crippen molar-refractivity contribution in [3.63, 3.8) is 0 Å². The molecule has 0 saturated carbocycles. The third kappa shape index (κ3) is 4.35. The molecule has 0 fully saturated rings. The highest BCUT2D eigenvalue weighted by molar-refractivity contribution is 5.87. The number of aromatic nitrogens is 4. The van der Waals surface area contributed by atoms with E-state index in [1.54, 1.807) is 18.6 Å². The van der Waals surface area contributed by atoms with Crippen LogP contribution in [0.25, 0.3) is 5.82 Å². The first kappa shape index (κ1) is 16.6. The van der Waals surface area contributed by atoms with Gasteiger partial charge in [-0.2, -0.15) is 5.10 Å². The molecule has 122 valence electrons. The highest BCUT2D eigenvalue weighted by Gasteiger charge is 2.22. The SMILES string of the molecule is CC(=O)NC(C(=O)NCc1cccnc1-n1cncn1)C(C)C. The second kappa shape index (κ2) is 7.48. The van der Waals surface area contributed by atoms with Crippen LogP contribution in [0.4, 0.5) is 0 Å². The van der Waals surface area contributed by atoms with Gasteiger partial charge in [0.1, 0.15) is 18.7 Å². The van der Waals surface area contributed by atoms with Crippen LogP contribution in [0.1, 0.15) is 26.3 Å². The van der Waals surface area contributed by atoms with Crippen LogP contribution in [0.15, 0.2) is 31.0 Å². The van der Waals surface area contributed by atoms with Crippen LogP contribution < -0.4 is 10.6 Å². The Morgan fingerprint density at radius 1 is 1.35 bits per heavy atom. The smallest absolute Gasteiger partial charge is 0.243 e. The number of hydrogen-bond acceptors (Lipinski definition) is 5. The van der Waals surface area contributed by atoms with E-state index in [1.165, 1.54) is 17.9 Å². The highest BCUT2D eigenvalue weighted by Crippen LogP contribution is 2.10. The normalized spacial score (nSPS) is 12.0. The van der Waals surface area contributed by atoms with Crippen LogP contribution in [-0.2, 0) is 16.1 Å². The van der Waals surface area contributed by atoms with Crippen molar-refractivity contribution in [1.82, 2.24) is 30.4 Å². The molecule has 2 aromatic heterocycles. The maximum atomic E-state index is 12.3. The van der Waals surface area contributed by atoms with Gasteiger partial charge in [-0.15, -0.1) is 0 Å². The lowest BCUT2D eigenvalue weighted by molar-refractivity contribution is -0.129. The van der Waals surface area contributed by atoms with Gasteiger partial charge in [-0.05, 0) is 12.0 Å². The molecule has 2 heterocycles. The summed E-state index contributed by atoms with van der Waals surface area (Å²) in [6.45, 7) is 5.44. The summed E-state index contributed by atoms with van der Waals surface area (Å²) in [5.41, 5.74) is 0.802. The third-order valence-corrected chi connectivity index (χ3v) is 3.26. The van der Waals surface area contributed by atoms with Gasteiger partial charge in [0.2, 0.25) is 11.8 Å². The van der Waals surface area contributed by atoms with Crippen molar-refractivity contribution in [1.29, 1.82) is 0 Å². The van der Waals surface area contributed by atoms with Gasteiger partial charge in [0.15, 0.2) is 5.82 Å². The minimum Gasteiger partial charge on any atom is -0.350 e. The molecular weight excluding hydrogens is 296 g/mol. The zero-order chi connectivity index (χ0) is 16.8. The lowest BCUT2D eigenvalue weighted by Crippen LogP contribution is -2.48. The van der Waals surface area contributed by atoms with Crippen LogP contribution >= 0.6 is 0 Å². The zero-order valence-corrected chi connectivity index (χ0v) is 13.4. The lowest BCUT2D eigenvalue weighted by Gasteiger charge is -2.21. The number of carbonyl (C=O) groups excluding carboxylic acids is 2. The van der Waals surface area contributed by atoms with Crippen molar-refractivity contribution >= 4 is 11.8 Å². The molecule has 8 heteroatoms.